The first-order chi connectivity index (χ1) is 13.9. The van der Waals surface area contributed by atoms with Gasteiger partial charge >= 0.3 is 5.69 Å². The average Bonchev–Trinajstić information content (AvgIpc) is 3.50. The van der Waals surface area contributed by atoms with Crippen molar-refractivity contribution in [1.82, 2.24) is 19.7 Å². The normalized spacial score (nSPS) is 13.3. The molecule has 1 fully saturated rings. The quantitative estimate of drug-likeness (QED) is 0.699. The zero-order valence-electron chi connectivity index (χ0n) is 15.8. The van der Waals surface area contributed by atoms with Crippen molar-refractivity contribution >= 4 is 17.5 Å². The van der Waals surface area contributed by atoms with E-state index in [1.165, 1.54) is 0 Å². The van der Waals surface area contributed by atoms with E-state index >= 15 is 0 Å². The first kappa shape index (κ1) is 19.1. The molecule has 1 amide bonds. The van der Waals surface area contributed by atoms with Crippen LogP contribution in [0.25, 0.3) is 5.69 Å². The molecule has 148 valence electrons. The molecule has 29 heavy (non-hydrogen) atoms. The fourth-order valence-electron chi connectivity index (χ4n) is 3.02. The van der Waals surface area contributed by atoms with Gasteiger partial charge in [0.05, 0.1) is 12.2 Å². The van der Waals surface area contributed by atoms with Crippen LogP contribution in [0.15, 0.2) is 58.1 Å². The van der Waals surface area contributed by atoms with Crippen molar-refractivity contribution < 1.29 is 4.79 Å². The molecule has 2 aromatic carbocycles. The number of nitrogens with zero attached hydrogens (tertiary/aromatic N) is 3. The van der Waals surface area contributed by atoms with Gasteiger partial charge in [-0.25, -0.2) is 4.79 Å². The second-order valence-electron chi connectivity index (χ2n) is 7.15. The van der Waals surface area contributed by atoms with Crippen LogP contribution in [0.3, 0.4) is 0 Å². The number of aryl methyl sites for hydroxylation is 1. The number of aromatic nitrogens is 3. The molecule has 0 atom stereocenters. The number of halogens is 1. The van der Waals surface area contributed by atoms with Crippen LogP contribution < -0.4 is 16.6 Å². The second-order valence-corrected chi connectivity index (χ2v) is 7.58. The van der Waals surface area contributed by atoms with Gasteiger partial charge in [-0.1, -0.05) is 41.4 Å². The minimum Gasteiger partial charge on any atom is -0.348 e. The van der Waals surface area contributed by atoms with Crippen molar-refractivity contribution in [1.29, 1.82) is 0 Å². The largest absolute Gasteiger partial charge is 0.352 e. The molecule has 1 heterocycles. The lowest BCUT2D eigenvalue weighted by atomic mass is 10.1. The summed E-state index contributed by atoms with van der Waals surface area (Å²) in [5.41, 5.74) is 0.569. The number of carbonyl (C=O) groups is 1. The van der Waals surface area contributed by atoms with Gasteiger partial charge < -0.3 is 5.32 Å². The Morgan fingerprint density at radius 3 is 2.55 bits per heavy atom. The molecule has 0 saturated heterocycles. The summed E-state index contributed by atoms with van der Waals surface area (Å²) in [6.07, 6.45) is 1.75. The van der Waals surface area contributed by atoms with Gasteiger partial charge in [0.25, 0.3) is 11.5 Å². The van der Waals surface area contributed by atoms with Crippen molar-refractivity contribution in [3.63, 3.8) is 0 Å². The molecule has 1 aliphatic rings. The Hall–Kier alpha value is -3.19. The lowest BCUT2D eigenvalue weighted by molar-refractivity contribution is 0.0941. The predicted octanol–water partition coefficient (Wildman–Crippen LogP) is 2.30. The molecule has 8 heteroatoms. The molecule has 0 bridgehead atoms. The van der Waals surface area contributed by atoms with E-state index in [-0.39, 0.29) is 18.3 Å². The zero-order valence-corrected chi connectivity index (χ0v) is 16.5. The molecular weight excluding hydrogens is 392 g/mol. The fourth-order valence-corrected chi connectivity index (χ4v) is 3.15. The van der Waals surface area contributed by atoms with E-state index < -0.39 is 17.2 Å². The average molecular weight is 411 g/mol. The van der Waals surface area contributed by atoms with E-state index in [0.29, 0.717) is 10.7 Å². The van der Waals surface area contributed by atoms with Gasteiger partial charge in [0.1, 0.15) is 0 Å². The van der Waals surface area contributed by atoms with E-state index in [1.807, 2.05) is 31.2 Å². The van der Waals surface area contributed by atoms with Crippen LogP contribution in [0.1, 0.15) is 34.5 Å². The number of benzene rings is 2. The Bertz CT molecular complexity index is 1190. The minimum absolute atomic E-state index is 0.0408. The lowest BCUT2D eigenvalue weighted by Crippen LogP contribution is -2.46. The molecular formula is C21H19ClN4O3. The highest BCUT2D eigenvalue weighted by Crippen LogP contribution is 2.18. The molecule has 0 radical (unpaired) electrons. The van der Waals surface area contributed by atoms with E-state index in [1.54, 1.807) is 24.3 Å². The molecule has 3 aromatic rings. The number of nitrogens with one attached hydrogen (secondary N) is 1. The number of rotatable bonds is 5. The van der Waals surface area contributed by atoms with Crippen LogP contribution in [-0.4, -0.2) is 26.3 Å². The van der Waals surface area contributed by atoms with Crippen LogP contribution in [0, 0.1) is 6.92 Å². The molecule has 0 unspecified atom stereocenters. The molecule has 4 rings (SSSR count). The van der Waals surface area contributed by atoms with Crippen molar-refractivity contribution in [2.75, 3.05) is 0 Å². The van der Waals surface area contributed by atoms with E-state index in [0.717, 1.165) is 33.2 Å². The van der Waals surface area contributed by atoms with Gasteiger partial charge in [-0.3, -0.25) is 14.2 Å². The van der Waals surface area contributed by atoms with Gasteiger partial charge in [0, 0.05) is 11.1 Å². The first-order valence-electron chi connectivity index (χ1n) is 9.29. The first-order valence-corrected chi connectivity index (χ1v) is 9.67. The monoisotopic (exact) mass is 410 g/mol. The van der Waals surface area contributed by atoms with E-state index in [2.05, 4.69) is 10.4 Å². The van der Waals surface area contributed by atoms with Crippen LogP contribution in [0.2, 0.25) is 5.02 Å². The molecule has 0 aliphatic heterocycles. The predicted molar refractivity (Wildman–Crippen MR) is 110 cm³/mol. The smallest absolute Gasteiger partial charge is 0.348 e. The summed E-state index contributed by atoms with van der Waals surface area (Å²) in [6, 6.07) is 14.0. The molecule has 1 aromatic heterocycles. The van der Waals surface area contributed by atoms with Crippen molar-refractivity contribution in [2.45, 2.75) is 32.4 Å². The summed E-state index contributed by atoms with van der Waals surface area (Å²) >= 11 is 5.94. The van der Waals surface area contributed by atoms with Crippen LogP contribution in [0.4, 0.5) is 0 Å². The van der Waals surface area contributed by atoms with Crippen molar-refractivity contribution in [3.05, 3.63) is 91.2 Å². The third-order valence-electron chi connectivity index (χ3n) is 4.68. The zero-order chi connectivity index (χ0) is 20.5. The van der Waals surface area contributed by atoms with Gasteiger partial charge in [-0.05, 0) is 49.6 Å². The highest BCUT2D eigenvalue weighted by molar-refractivity contribution is 6.30. The summed E-state index contributed by atoms with van der Waals surface area (Å²) in [4.78, 5) is 38.6. The van der Waals surface area contributed by atoms with E-state index in [9.17, 15) is 14.4 Å². The molecule has 1 aliphatic carbocycles. The summed E-state index contributed by atoms with van der Waals surface area (Å²) in [7, 11) is 0. The van der Waals surface area contributed by atoms with Gasteiger partial charge in [-0.15, -0.1) is 0 Å². The SMILES string of the molecule is Cc1cccc(Cn2c(=O)c(C(=O)NC3CC3)nn(-c3ccc(Cl)cc3)c2=O)c1. The maximum Gasteiger partial charge on any atom is 0.352 e. The summed E-state index contributed by atoms with van der Waals surface area (Å²) in [6.45, 7) is 1.97. The maximum absolute atomic E-state index is 13.1. The maximum atomic E-state index is 13.1. The Morgan fingerprint density at radius 1 is 1.17 bits per heavy atom. The highest BCUT2D eigenvalue weighted by atomic mass is 35.5. The Labute approximate surface area is 171 Å². The second kappa shape index (κ2) is 7.67. The Kier molecular flexibility index (Phi) is 5.07. The Morgan fingerprint density at radius 2 is 1.90 bits per heavy atom. The van der Waals surface area contributed by atoms with E-state index in [4.69, 9.17) is 11.6 Å². The molecule has 7 nitrogen and oxygen atoms in total. The topological polar surface area (TPSA) is 86.0 Å². The molecule has 0 spiro atoms. The molecule has 1 N–H and O–H groups in total. The highest BCUT2D eigenvalue weighted by Gasteiger charge is 2.27. The summed E-state index contributed by atoms with van der Waals surface area (Å²) in [5.74, 6) is -0.571. The minimum atomic E-state index is -0.708. The van der Waals surface area contributed by atoms with Crippen LogP contribution in [-0.2, 0) is 6.54 Å². The Balaban J connectivity index is 1.86. The summed E-state index contributed by atoms with van der Waals surface area (Å²) < 4.78 is 2.10. The fraction of sp³-hybridized carbons (Fsp3) is 0.238. The third-order valence-corrected chi connectivity index (χ3v) is 4.93. The van der Waals surface area contributed by atoms with Gasteiger partial charge in [0.2, 0.25) is 5.69 Å². The van der Waals surface area contributed by atoms with Crippen LogP contribution >= 0.6 is 11.6 Å². The van der Waals surface area contributed by atoms with Gasteiger partial charge in [-0.2, -0.15) is 9.78 Å². The molecule has 1 saturated carbocycles. The standard InChI is InChI=1S/C21H19ClN4O3/c1-13-3-2-4-14(11-13)12-25-20(28)18(19(27)23-16-7-8-16)24-26(21(25)29)17-9-5-15(22)6-10-17/h2-6,9-11,16H,7-8,12H2,1H3,(H,23,27). The number of amides is 1. The number of carbonyl (C=O) groups excluding carboxylic acids is 1. The van der Waals surface area contributed by atoms with Crippen LogP contribution in [0.5, 0.6) is 0 Å². The third kappa shape index (κ3) is 4.14. The van der Waals surface area contributed by atoms with Crippen molar-refractivity contribution in [2.24, 2.45) is 0 Å². The van der Waals surface area contributed by atoms with Crippen molar-refractivity contribution in [3.8, 4) is 5.69 Å². The number of hydrogen-bond acceptors (Lipinski definition) is 4. The lowest BCUT2D eigenvalue weighted by Gasteiger charge is -2.12. The summed E-state index contributed by atoms with van der Waals surface area (Å²) in [5, 5.41) is 7.36. The number of hydrogen-bond donors (Lipinski definition) is 1. The van der Waals surface area contributed by atoms with Gasteiger partial charge in [0.15, 0.2) is 0 Å².